The van der Waals surface area contributed by atoms with E-state index in [1.54, 1.807) is 53.7 Å². The standard InChI is InChI=1S/C20H31N3O6S/c1-19(2,3)28-17(24)23(18(25)29-20(4,5)6)11-12-14(26-7)10-9-13(15(12)27-8)22-16(21)30/h9-10H,11H2,1-8H3,(H3,21,22,30). The van der Waals surface area contributed by atoms with Gasteiger partial charge in [-0.3, -0.25) is 0 Å². The molecule has 0 bridgehead atoms. The number of ether oxygens (including phenoxy) is 4. The van der Waals surface area contributed by atoms with E-state index in [-0.39, 0.29) is 11.7 Å². The van der Waals surface area contributed by atoms with Crippen LogP contribution in [0.25, 0.3) is 0 Å². The van der Waals surface area contributed by atoms with Crippen LogP contribution in [0.3, 0.4) is 0 Å². The second kappa shape index (κ2) is 9.84. The molecule has 1 aromatic carbocycles. The van der Waals surface area contributed by atoms with Crippen LogP contribution < -0.4 is 20.5 Å². The Morgan fingerprint density at radius 1 is 1.00 bits per heavy atom. The SMILES string of the molecule is COc1ccc(NC(N)=S)c(OC)c1CN(C(=O)OC(C)(C)C)C(=O)OC(C)(C)C. The minimum Gasteiger partial charge on any atom is -0.496 e. The van der Waals surface area contributed by atoms with Crippen LogP contribution in [-0.2, 0) is 16.0 Å². The van der Waals surface area contributed by atoms with E-state index in [1.807, 2.05) is 0 Å². The zero-order chi connectivity index (χ0) is 23.3. The van der Waals surface area contributed by atoms with E-state index in [0.717, 1.165) is 4.90 Å². The lowest BCUT2D eigenvalue weighted by Crippen LogP contribution is -2.43. The highest BCUT2D eigenvalue weighted by Crippen LogP contribution is 2.37. The lowest BCUT2D eigenvalue weighted by Gasteiger charge is -2.29. The van der Waals surface area contributed by atoms with Crippen molar-refractivity contribution in [2.75, 3.05) is 19.5 Å². The number of nitrogens with zero attached hydrogens (tertiary/aromatic N) is 1. The van der Waals surface area contributed by atoms with Gasteiger partial charge >= 0.3 is 12.2 Å². The van der Waals surface area contributed by atoms with Crippen molar-refractivity contribution in [3.05, 3.63) is 17.7 Å². The second-order valence-corrected chi connectivity index (χ2v) is 8.80. The van der Waals surface area contributed by atoms with Gasteiger partial charge in [-0.05, 0) is 65.9 Å². The van der Waals surface area contributed by atoms with Gasteiger partial charge in [0.1, 0.15) is 17.0 Å². The van der Waals surface area contributed by atoms with Crippen LogP contribution in [0.4, 0.5) is 15.3 Å². The molecular formula is C20H31N3O6S. The molecule has 1 aromatic rings. The molecular weight excluding hydrogens is 410 g/mol. The van der Waals surface area contributed by atoms with E-state index in [9.17, 15) is 9.59 Å². The van der Waals surface area contributed by atoms with Gasteiger partial charge in [-0.2, -0.15) is 0 Å². The maximum Gasteiger partial charge on any atom is 0.420 e. The second-order valence-electron chi connectivity index (χ2n) is 8.36. The molecule has 0 heterocycles. The van der Waals surface area contributed by atoms with Gasteiger partial charge in [-0.25, -0.2) is 14.5 Å². The van der Waals surface area contributed by atoms with Gasteiger partial charge in [0.25, 0.3) is 0 Å². The molecule has 0 aromatic heterocycles. The normalized spacial score (nSPS) is 11.3. The first-order valence-electron chi connectivity index (χ1n) is 9.22. The van der Waals surface area contributed by atoms with Gasteiger partial charge in [0.05, 0.1) is 32.0 Å². The molecule has 0 aliphatic carbocycles. The van der Waals surface area contributed by atoms with Crippen molar-refractivity contribution in [3.63, 3.8) is 0 Å². The quantitative estimate of drug-likeness (QED) is 0.654. The fourth-order valence-electron chi connectivity index (χ4n) is 2.41. The maximum absolute atomic E-state index is 12.8. The summed E-state index contributed by atoms with van der Waals surface area (Å²) in [4.78, 5) is 26.5. The monoisotopic (exact) mass is 441 g/mol. The number of amides is 2. The molecule has 0 aliphatic rings. The maximum atomic E-state index is 12.8. The van der Waals surface area contributed by atoms with Crippen molar-refractivity contribution < 1.29 is 28.5 Å². The summed E-state index contributed by atoms with van der Waals surface area (Å²) < 4.78 is 21.7. The molecule has 1 rings (SSSR count). The van der Waals surface area contributed by atoms with Crippen LogP contribution in [0.2, 0.25) is 0 Å². The lowest BCUT2D eigenvalue weighted by atomic mass is 10.1. The fourth-order valence-corrected chi connectivity index (χ4v) is 2.52. The molecule has 0 spiro atoms. The molecule has 0 saturated carbocycles. The number of rotatable bonds is 5. The smallest absolute Gasteiger partial charge is 0.420 e. The highest BCUT2D eigenvalue weighted by atomic mass is 32.1. The van der Waals surface area contributed by atoms with Crippen molar-refractivity contribution in [1.82, 2.24) is 4.90 Å². The van der Waals surface area contributed by atoms with E-state index >= 15 is 0 Å². The van der Waals surface area contributed by atoms with Crippen LogP contribution in [0.1, 0.15) is 47.1 Å². The molecule has 10 heteroatoms. The zero-order valence-electron chi connectivity index (χ0n) is 18.7. The molecule has 0 atom stereocenters. The molecule has 0 unspecified atom stereocenters. The van der Waals surface area contributed by atoms with Crippen LogP contribution in [-0.4, -0.2) is 47.6 Å². The van der Waals surface area contributed by atoms with Gasteiger partial charge in [-0.1, -0.05) is 0 Å². The Morgan fingerprint density at radius 2 is 1.50 bits per heavy atom. The van der Waals surface area contributed by atoms with Crippen molar-refractivity contribution in [1.29, 1.82) is 0 Å². The van der Waals surface area contributed by atoms with Gasteiger partial charge in [0, 0.05) is 0 Å². The molecule has 0 saturated heterocycles. The summed E-state index contributed by atoms with van der Waals surface area (Å²) >= 11 is 4.90. The highest BCUT2D eigenvalue weighted by molar-refractivity contribution is 7.80. The predicted octanol–water partition coefficient (Wildman–Crippen LogP) is 4.03. The minimum absolute atomic E-state index is 0.0283. The Morgan fingerprint density at radius 3 is 1.87 bits per heavy atom. The van der Waals surface area contributed by atoms with Gasteiger partial charge < -0.3 is 30.0 Å². The van der Waals surface area contributed by atoms with Crippen LogP contribution in [0.15, 0.2) is 12.1 Å². The third kappa shape index (κ3) is 7.58. The molecule has 2 amide bonds. The summed E-state index contributed by atoms with van der Waals surface area (Å²) in [5.41, 5.74) is 4.80. The Bertz CT molecular complexity index is 771. The molecule has 3 N–H and O–H groups in total. The number of benzene rings is 1. The number of methoxy groups -OCH3 is 2. The number of carbonyl (C=O) groups excluding carboxylic acids is 2. The number of imide groups is 1. The summed E-state index contributed by atoms with van der Waals surface area (Å²) in [5, 5.41) is 2.83. The average molecular weight is 442 g/mol. The molecule has 9 nitrogen and oxygen atoms in total. The Labute approximate surface area is 182 Å². The largest absolute Gasteiger partial charge is 0.496 e. The number of carbonyl (C=O) groups is 2. The summed E-state index contributed by atoms with van der Waals surface area (Å²) in [6, 6.07) is 3.30. The molecule has 0 fully saturated rings. The van der Waals surface area contributed by atoms with E-state index in [1.165, 1.54) is 14.2 Å². The number of nitrogens with two attached hydrogens (primary N) is 1. The zero-order valence-corrected chi connectivity index (χ0v) is 19.6. The minimum atomic E-state index is -0.867. The van der Waals surface area contributed by atoms with Crippen molar-refractivity contribution in [2.24, 2.45) is 5.73 Å². The third-order valence-corrected chi connectivity index (χ3v) is 3.55. The Hall–Kier alpha value is -2.75. The van der Waals surface area contributed by atoms with Crippen LogP contribution in [0, 0.1) is 0 Å². The lowest BCUT2D eigenvalue weighted by molar-refractivity contribution is -0.000418. The first kappa shape index (κ1) is 25.3. The van der Waals surface area contributed by atoms with Crippen molar-refractivity contribution in [3.8, 4) is 11.5 Å². The van der Waals surface area contributed by atoms with Crippen molar-refractivity contribution in [2.45, 2.75) is 59.3 Å². The molecule has 0 radical (unpaired) electrons. The predicted molar refractivity (Wildman–Crippen MR) is 118 cm³/mol. The van der Waals surface area contributed by atoms with E-state index in [4.69, 9.17) is 36.9 Å². The number of thiocarbonyl (C=S) groups is 1. The Balaban J connectivity index is 3.47. The van der Waals surface area contributed by atoms with Crippen LogP contribution in [0.5, 0.6) is 11.5 Å². The summed E-state index contributed by atoms with van der Waals surface area (Å²) in [6.45, 7) is 9.97. The fraction of sp³-hybridized carbons (Fsp3) is 0.550. The van der Waals surface area contributed by atoms with Crippen molar-refractivity contribution >= 4 is 35.2 Å². The summed E-state index contributed by atoms with van der Waals surface area (Å²) in [6.07, 6.45) is -1.73. The number of hydrogen-bond acceptors (Lipinski definition) is 7. The Kier molecular flexibility index (Phi) is 8.29. The van der Waals surface area contributed by atoms with Gasteiger partial charge in [0.2, 0.25) is 0 Å². The van der Waals surface area contributed by atoms with Gasteiger partial charge in [0.15, 0.2) is 10.9 Å². The first-order valence-corrected chi connectivity index (χ1v) is 9.63. The van der Waals surface area contributed by atoms with E-state index in [0.29, 0.717) is 22.7 Å². The van der Waals surface area contributed by atoms with E-state index < -0.39 is 23.4 Å². The number of anilines is 1. The third-order valence-electron chi connectivity index (χ3n) is 3.44. The van der Waals surface area contributed by atoms with E-state index in [2.05, 4.69) is 5.32 Å². The van der Waals surface area contributed by atoms with Gasteiger partial charge in [-0.15, -0.1) is 0 Å². The summed E-state index contributed by atoms with van der Waals surface area (Å²) in [5.74, 6) is 0.691. The topological polar surface area (TPSA) is 112 Å². The molecule has 30 heavy (non-hydrogen) atoms. The first-order chi connectivity index (χ1) is 13.7. The number of hydrogen-bond donors (Lipinski definition) is 2. The molecule has 168 valence electrons. The van der Waals surface area contributed by atoms with Crippen LogP contribution >= 0.6 is 12.2 Å². The average Bonchev–Trinajstić information content (AvgIpc) is 2.55. The summed E-state index contributed by atoms with van der Waals surface area (Å²) in [7, 11) is 2.90. The number of nitrogens with one attached hydrogen (secondary N) is 1. The highest BCUT2D eigenvalue weighted by Gasteiger charge is 2.33. The molecule has 0 aliphatic heterocycles.